The molecule has 1 spiro atoms. The van der Waals surface area contributed by atoms with Crippen LogP contribution in [0.5, 0.6) is 0 Å². The van der Waals surface area contributed by atoms with Gasteiger partial charge in [0.25, 0.3) is 11.7 Å². The van der Waals surface area contributed by atoms with Gasteiger partial charge in [-0.15, -0.1) is 0 Å². The summed E-state index contributed by atoms with van der Waals surface area (Å²) in [6.07, 6.45) is 4.11. The van der Waals surface area contributed by atoms with Crippen molar-refractivity contribution in [2.75, 3.05) is 42.6 Å². The number of para-hydroxylation sites is 2. The topological polar surface area (TPSA) is 45.3 Å². The van der Waals surface area contributed by atoms with Gasteiger partial charge < -0.3 is 14.4 Å². The first-order valence-electron chi connectivity index (χ1n) is 11.6. The van der Waals surface area contributed by atoms with E-state index in [1.54, 1.807) is 6.07 Å². The maximum absolute atomic E-state index is 14.2. The third kappa shape index (κ3) is 3.14. The number of carbonyl (C=O) groups excluding carboxylic acids is 1. The van der Waals surface area contributed by atoms with Crippen molar-refractivity contribution in [2.45, 2.75) is 43.7 Å². The van der Waals surface area contributed by atoms with Crippen molar-refractivity contribution in [1.82, 2.24) is 4.90 Å². The van der Waals surface area contributed by atoms with E-state index in [1.165, 1.54) is 6.07 Å². The second kappa shape index (κ2) is 7.83. The lowest BCUT2D eigenvalue weighted by Gasteiger charge is -2.38. The van der Waals surface area contributed by atoms with Crippen LogP contribution in [0.4, 0.5) is 15.8 Å². The Bertz CT molecular complexity index is 1010. The smallest absolute Gasteiger partial charge is 0.293 e. The summed E-state index contributed by atoms with van der Waals surface area (Å²) < 4.78 is 26.9. The number of amides is 1. The Labute approximate surface area is 187 Å². The summed E-state index contributed by atoms with van der Waals surface area (Å²) >= 11 is 0. The van der Waals surface area contributed by atoms with Crippen molar-refractivity contribution >= 4 is 17.3 Å². The molecule has 6 rings (SSSR count). The molecule has 6 nitrogen and oxygen atoms in total. The molecule has 32 heavy (non-hydrogen) atoms. The predicted octanol–water partition coefficient (Wildman–Crippen LogP) is 3.46. The fraction of sp³-hybridized carbons (Fsp3) is 0.480. The molecule has 0 bridgehead atoms. The van der Waals surface area contributed by atoms with E-state index in [0.717, 1.165) is 50.0 Å². The third-order valence-electron chi connectivity index (χ3n) is 7.26. The molecular formula is C25H28FN3O3. The Morgan fingerprint density at radius 3 is 2.19 bits per heavy atom. The maximum atomic E-state index is 14.2. The van der Waals surface area contributed by atoms with E-state index in [9.17, 15) is 9.18 Å². The molecule has 0 aromatic heterocycles. The van der Waals surface area contributed by atoms with Gasteiger partial charge in [0.2, 0.25) is 0 Å². The Morgan fingerprint density at radius 1 is 0.875 bits per heavy atom. The lowest BCUT2D eigenvalue weighted by atomic mass is 9.95. The molecule has 1 unspecified atom stereocenters. The molecule has 0 radical (unpaired) electrons. The average Bonchev–Trinajstić information content (AvgIpc) is 3.32. The highest BCUT2D eigenvalue weighted by molar-refractivity contribution is 6.06. The van der Waals surface area contributed by atoms with Gasteiger partial charge in [-0.05, 0) is 31.0 Å². The van der Waals surface area contributed by atoms with Gasteiger partial charge in [0.1, 0.15) is 5.82 Å². The summed E-state index contributed by atoms with van der Waals surface area (Å²) in [5, 5.41) is 0. The summed E-state index contributed by atoms with van der Waals surface area (Å²) in [5.74, 6) is -1.61. The SMILES string of the molecule is O=C1N(CN2CCN(c3ccccc3F)CC2)c2ccccc2C12O[C@H]1CCCC[C@H]1O2. The van der Waals surface area contributed by atoms with Crippen LogP contribution in [0.25, 0.3) is 0 Å². The zero-order valence-corrected chi connectivity index (χ0v) is 18.1. The predicted molar refractivity (Wildman–Crippen MR) is 119 cm³/mol. The zero-order valence-electron chi connectivity index (χ0n) is 18.1. The van der Waals surface area contributed by atoms with Crippen molar-refractivity contribution in [3.05, 3.63) is 59.9 Å². The van der Waals surface area contributed by atoms with Gasteiger partial charge in [-0.25, -0.2) is 4.39 Å². The Morgan fingerprint density at radius 2 is 1.50 bits per heavy atom. The fourth-order valence-electron chi connectivity index (χ4n) is 5.58. The molecule has 0 N–H and O–H groups in total. The molecule has 2 saturated heterocycles. The van der Waals surface area contributed by atoms with Crippen LogP contribution >= 0.6 is 0 Å². The van der Waals surface area contributed by atoms with Crippen molar-refractivity contribution < 1.29 is 18.7 Å². The molecule has 7 heteroatoms. The third-order valence-corrected chi connectivity index (χ3v) is 7.26. The molecule has 1 amide bonds. The highest BCUT2D eigenvalue weighted by Crippen LogP contribution is 2.51. The molecule has 3 aliphatic heterocycles. The number of carbonyl (C=O) groups is 1. The Hall–Kier alpha value is -2.48. The summed E-state index contributed by atoms with van der Waals surface area (Å²) in [6.45, 7) is 3.41. The van der Waals surface area contributed by atoms with Crippen molar-refractivity contribution in [1.29, 1.82) is 0 Å². The average molecular weight is 438 g/mol. The minimum atomic E-state index is -1.30. The van der Waals surface area contributed by atoms with E-state index < -0.39 is 5.79 Å². The monoisotopic (exact) mass is 437 g/mol. The molecule has 3 fully saturated rings. The number of hydrogen-bond acceptors (Lipinski definition) is 5. The van der Waals surface area contributed by atoms with Crippen LogP contribution in [-0.4, -0.2) is 55.9 Å². The van der Waals surface area contributed by atoms with Crippen LogP contribution in [-0.2, 0) is 20.1 Å². The van der Waals surface area contributed by atoms with E-state index in [1.807, 2.05) is 41.3 Å². The second-order valence-corrected chi connectivity index (χ2v) is 9.16. The summed E-state index contributed by atoms with van der Waals surface area (Å²) in [4.78, 5) is 19.8. The van der Waals surface area contributed by atoms with Crippen LogP contribution < -0.4 is 9.80 Å². The number of piperazine rings is 1. The molecule has 3 atom stereocenters. The van der Waals surface area contributed by atoms with Crippen molar-refractivity contribution in [3.63, 3.8) is 0 Å². The van der Waals surface area contributed by atoms with E-state index >= 15 is 0 Å². The maximum Gasteiger partial charge on any atom is 0.293 e. The van der Waals surface area contributed by atoms with Crippen LogP contribution in [0.1, 0.15) is 31.2 Å². The number of rotatable bonds is 3. The van der Waals surface area contributed by atoms with Crippen LogP contribution in [0, 0.1) is 5.82 Å². The van der Waals surface area contributed by atoms with E-state index in [2.05, 4.69) is 9.80 Å². The normalized spacial score (nSPS) is 30.1. The number of nitrogens with zero attached hydrogens (tertiary/aromatic N) is 3. The molecule has 2 aromatic carbocycles. The molecule has 4 aliphatic rings. The quantitative estimate of drug-likeness (QED) is 0.736. The number of ether oxygens (including phenoxy) is 2. The van der Waals surface area contributed by atoms with Gasteiger partial charge in [0, 0.05) is 31.7 Å². The largest absolute Gasteiger partial charge is 0.367 e. The van der Waals surface area contributed by atoms with Crippen LogP contribution in [0.3, 0.4) is 0 Å². The first-order chi connectivity index (χ1) is 15.7. The van der Waals surface area contributed by atoms with Gasteiger partial charge in [-0.2, -0.15) is 0 Å². The second-order valence-electron chi connectivity index (χ2n) is 9.16. The minimum absolute atomic E-state index is 0.00924. The zero-order chi connectivity index (χ0) is 21.7. The number of benzene rings is 2. The molecule has 168 valence electrons. The number of anilines is 2. The van der Waals surface area contributed by atoms with Crippen LogP contribution in [0.2, 0.25) is 0 Å². The van der Waals surface area contributed by atoms with Crippen molar-refractivity contribution in [3.8, 4) is 0 Å². The summed E-state index contributed by atoms with van der Waals surface area (Å²) in [7, 11) is 0. The minimum Gasteiger partial charge on any atom is -0.367 e. The number of fused-ring (bicyclic) bond motifs is 3. The lowest BCUT2D eigenvalue weighted by Crippen LogP contribution is -2.52. The summed E-state index contributed by atoms with van der Waals surface area (Å²) in [5.41, 5.74) is 2.33. The Kier molecular flexibility index (Phi) is 4.93. The standard InChI is InChI=1S/C25H28FN3O3/c26-19-8-2-4-10-21(19)28-15-13-27(14-16-28)17-29-20-9-3-1-7-18(20)25(24(29)30)31-22-11-5-6-12-23(22)32-25/h1-4,7-10,22-23H,5-6,11-17H2/t22-,23+,25?. The van der Waals surface area contributed by atoms with E-state index in [0.29, 0.717) is 25.4 Å². The molecule has 1 saturated carbocycles. The van der Waals surface area contributed by atoms with Gasteiger partial charge >= 0.3 is 0 Å². The van der Waals surface area contributed by atoms with E-state index in [-0.39, 0.29) is 23.9 Å². The fourth-order valence-corrected chi connectivity index (χ4v) is 5.58. The number of hydrogen-bond donors (Lipinski definition) is 0. The molecule has 3 heterocycles. The van der Waals surface area contributed by atoms with Gasteiger partial charge in [-0.3, -0.25) is 14.6 Å². The highest BCUT2D eigenvalue weighted by Gasteiger charge is 2.61. The van der Waals surface area contributed by atoms with Gasteiger partial charge in [-0.1, -0.05) is 43.2 Å². The van der Waals surface area contributed by atoms with Crippen LogP contribution in [0.15, 0.2) is 48.5 Å². The van der Waals surface area contributed by atoms with Gasteiger partial charge in [0.15, 0.2) is 0 Å². The first-order valence-corrected chi connectivity index (χ1v) is 11.6. The van der Waals surface area contributed by atoms with E-state index in [4.69, 9.17) is 9.47 Å². The number of halogens is 1. The molecule has 1 aliphatic carbocycles. The molecular weight excluding hydrogens is 409 g/mol. The first kappa shape index (κ1) is 20.1. The summed E-state index contributed by atoms with van der Waals surface area (Å²) in [6, 6.07) is 14.7. The lowest BCUT2D eigenvalue weighted by molar-refractivity contribution is -0.190. The molecule has 2 aromatic rings. The highest BCUT2D eigenvalue weighted by atomic mass is 19.1. The Balaban J connectivity index is 1.20. The van der Waals surface area contributed by atoms with Gasteiger partial charge in [0.05, 0.1) is 30.3 Å². The van der Waals surface area contributed by atoms with Crippen molar-refractivity contribution in [2.24, 2.45) is 0 Å².